The van der Waals surface area contributed by atoms with E-state index in [1.165, 1.54) is 6.07 Å². The third kappa shape index (κ3) is 2.82. The van der Waals surface area contributed by atoms with Crippen LogP contribution in [0.2, 0.25) is 0 Å². The number of hydrogen-bond acceptors (Lipinski definition) is 1. The monoisotopic (exact) mass is 310 g/mol. The highest BCUT2D eigenvalue weighted by molar-refractivity contribution is 9.10. The molecule has 1 nitrogen and oxygen atoms in total. The van der Waals surface area contributed by atoms with Gasteiger partial charge in [-0.3, -0.25) is 4.79 Å². The Bertz CT molecular complexity index is 576. The Morgan fingerprint density at radius 1 is 1.06 bits per heavy atom. The molecule has 0 aromatic heterocycles. The van der Waals surface area contributed by atoms with Crippen LogP contribution in [0.25, 0.3) is 0 Å². The Hall–Kier alpha value is -1.55. The molecule has 0 N–H and O–H groups in total. The van der Waals surface area contributed by atoms with E-state index in [9.17, 15) is 13.6 Å². The maximum atomic E-state index is 13.4. The Balaban J connectivity index is 2.27. The number of benzene rings is 2. The van der Waals surface area contributed by atoms with Crippen molar-refractivity contribution in [1.29, 1.82) is 0 Å². The second-order valence-electron chi connectivity index (χ2n) is 3.81. The number of ketones is 1. The molecular formula is C14H9BrF2O. The van der Waals surface area contributed by atoms with Gasteiger partial charge in [-0.25, -0.2) is 8.78 Å². The van der Waals surface area contributed by atoms with E-state index in [4.69, 9.17) is 0 Å². The van der Waals surface area contributed by atoms with Crippen LogP contribution in [0.4, 0.5) is 8.78 Å². The maximum Gasteiger partial charge on any atom is 0.167 e. The molecule has 0 saturated heterocycles. The second kappa shape index (κ2) is 5.40. The summed E-state index contributed by atoms with van der Waals surface area (Å²) in [7, 11) is 0. The van der Waals surface area contributed by atoms with Crippen molar-refractivity contribution in [3.8, 4) is 0 Å². The predicted molar refractivity (Wildman–Crippen MR) is 68.5 cm³/mol. The van der Waals surface area contributed by atoms with Crippen molar-refractivity contribution in [1.82, 2.24) is 0 Å². The highest BCUT2D eigenvalue weighted by atomic mass is 79.9. The van der Waals surface area contributed by atoms with E-state index in [1.54, 1.807) is 24.3 Å². The topological polar surface area (TPSA) is 17.1 Å². The van der Waals surface area contributed by atoms with Crippen LogP contribution in [-0.2, 0) is 6.42 Å². The van der Waals surface area contributed by atoms with E-state index in [-0.39, 0.29) is 17.8 Å². The normalized spacial score (nSPS) is 10.4. The summed E-state index contributed by atoms with van der Waals surface area (Å²) in [5, 5.41) is 0. The molecular weight excluding hydrogens is 302 g/mol. The summed E-state index contributed by atoms with van der Waals surface area (Å²) in [6, 6.07) is 10.3. The fourth-order valence-corrected chi connectivity index (χ4v) is 2.02. The van der Waals surface area contributed by atoms with Gasteiger partial charge in [-0.1, -0.05) is 34.1 Å². The minimum absolute atomic E-state index is 0.192. The first-order valence-electron chi connectivity index (χ1n) is 5.29. The van der Waals surface area contributed by atoms with Gasteiger partial charge in [-0.15, -0.1) is 0 Å². The van der Waals surface area contributed by atoms with Crippen molar-refractivity contribution >= 4 is 21.7 Å². The zero-order chi connectivity index (χ0) is 13.1. The molecule has 0 heterocycles. The molecule has 0 atom stereocenters. The van der Waals surface area contributed by atoms with Gasteiger partial charge in [0.1, 0.15) is 11.6 Å². The van der Waals surface area contributed by atoms with Gasteiger partial charge in [0.25, 0.3) is 0 Å². The van der Waals surface area contributed by atoms with Crippen molar-refractivity contribution in [2.75, 3.05) is 0 Å². The van der Waals surface area contributed by atoms with Gasteiger partial charge in [0.2, 0.25) is 0 Å². The van der Waals surface area contributed by atoms with Gasteiger partial charge < -0.3 is 0 Å². The lowest BCUT2D eigenvalue weighted by atomic mass is 10.0. The molecule has 4 heteroatoms. The largest absolute Gasteiger partial charge is 0.294 e. The van der Waals surface area contributed by atoms with Crippen LogP contribution in [0.5, 0.6) is 0 Å². The number of Topliss-reactive ketones (excluding diaryl/α,β-unsaturated/α-hetero) is 1. The minimum Gasteiger partial charge on any atom is -0.294 e. The molecule has 18 heavy (non-hydrogen) atoms. The summed E-state index contributed by atoms with van der Waals surface area (Å²) in [5.41, 5.74) is 0.231. The molecule has 0 bridgehead atoms. The van der Waals surface area contributed by atoms with Crippen molar-refractivity contribution in [2.24, 2.45) is 0 Å². The number of carbonyl (C=O) groups excluding carboxylic acids is 1. The fraction of sp³-hybridized carbons (Fsp3) is 0.0714. The number of carbonyl (C=O) groups is 1. The zero-order valence-electron chi connectivity index (χ0n) is 9.29. The molecule has 0 spiro atoms. The zero-order valence-corrected chi connectivity index (χ0v) is 10.9. The van der Waals surface area contributed by atoms with Crippen LogP contribution < -0.4 is 0 Å². The SMILES string of the molecule is O=C(Cc1c(F)cccc1F)c1cccc(Br)c1. The lowest BCUT2D eigenvalue weighted by molar-refractivity contribution is 0.0990. The van der Waals surface area contributed by atoms with Crippen molar-refractivity contribution < 1.29 is 13.6 Å². The van der Waals surface area contributed by atoms with Crippen LogP contribution in [0.1, 0.15) is 15.9 Å². The molecule has 92 valence electrons. The highest BCUT2D eigenvalue weighted by Crippen LogP contribution is 2.17. The first-order chi connectivity index (χ1) is 8.58. The quantitative estimate of drug-likeness (QED) is 0.778. The number of hydrogen-bond donors (Lipinski definition) is 0. The molecule has 2 aromatic carbocycles. The lowest BCUT2D eigenvalue weighted by Crippen LogP contribution is -2.07. The van der Waals surface area contributed by atoms with Gasteiger partial charge in [0.15, 0.2) is 5.78 Å². The van der Waals surface area contributed by atoms with E-state index < -0.39 is 11.6 Å². The fourth-order valence-electron chi connectivity index (χ4n) is 1.63. The minimum atomic E-state index is -0.696. The molecule has 2 aromatic rings. The van der Waals surface area contributed by atoms with Crippen LogP contribution >= 0.6 is 15.9 Å². The third-order valence-corrected chi connectivity index (χ3v) is 3.04. The van der Waals surface area contributed by atoms with E-state index in [0.717, 1.165) is 16.6 Å². The Morgan fingerprint density at radius 2 is 1.67 bits per heavy atom. The molecule has 2 rings (SSSR count). The van der Waals surface area contributed by atoms with Crippen molar-refractivity contribution in [3.63, 3.8) is 0 Å². The molecule has 0 aliphatic carbocycles. The van der Waals surface area contributed by atoms with Gasteiger partial charge >= 0.3 is 0 Å². The van der Waals surface area contributed by atoms with Gasteiger partial charge in [0, 0.05) is 22.0 Å². The van der Waals surface area contributed by atoms with E-state index >= 15 is 0 Å². The number of rotatable bonds is 3. The van der Waals surface area contributed by atoms with Crippen LogP contribution in [-0.4, -0.2) is 5.78 Å². The van der Waals surface area contributed by atoms with Crippen LogP contribution in [0.15, 0.2) is 46.9 Å². The molecule has 0 aliphatic heterocycles. The molecule has 0 aliphatic rings. The predicted octanol–water partition coefficient (Wildman–Crippen LogP) is 4.15. The van der Waals surface area contributed by atoms with E-state index in [2.05, 4.69) is 15.9 Å². The van der Waals surface area contributed by atoms with E-state index in [0.29, 0.717) is 5.56 Å². The smallest absolute Gasteiger partial charge is 0.167 e. The summed E-state index contributed by atoms with van der Waals surface area (Å²) in [6.45, 7) is 0. The highest BCUT2D eigenvalue weighted by Gasteiger charge is 2.14. The third-order valence-electron chi connectivity index (χ3n) is 2.55. The van der Waals surface area contributed by atoms with Gasteiger partial charge in [-0.05, 0) is 24.3 Å². The molecule has 0 radical (unpaired) electrons. The Labute approximate surface area is 112 Å². The van der Waals surface area contributed by atoms with E-state index in [1.807, 2.05) is 0 Å². The van der Waals surface area contributed by atoms with Gasteiger partial charge in [-0.2, -0.15) is 0 Å². The molecule has 0 unspecified atom stereocenters. The average Bonchev–Trinajstić information content (AvgIpc) is 2.34. The second-order valence-corrected chi connectivity index (χ2v) is 4.73. The maximum absolute atomic E-state index is 13.4. The van der Waals surface area contributed by atoms with Crippen molar-refractivity contribution in [2.45, 2.75) is 6.42 Å². The lowest BCUT2D eigenvalue weighted by Gasteiger charge is -2.04. The molecule has 0 fully saturated rings. The molecule has 0 amide bonds. The summed E-state index contributed by atoms with van der Waals surface area (Å²) >= 11 is 3.24. The number of halogens is 3. The summed E-state index contributed by atoms with van der Waals surface area (Å²) in [5.74, 6) is -1.71. The first kappa shape index (κ1) is 12.9. The summed E-state index contributed by atoms with van der Waals surface area (Å²) in [6.07, 6.45) is -0.283. The summed E-state index contributed by atoms with van der Waals surface area (Å²) < 4.78 is 27.6. The molecule has 0 saturated carbocycles. The average molecular weight is 311 g/mol. The summed E-state index contributed by atoms with van der Waals surface area (Å²) in [4.78, 5) is 11.9. The first-order valence-corrected chi connectivity index (χ1v) is 6.09. The van der Waals surface area contributed by atoms with Crippen LogP contribution in [0.3, 0.4) is 0 Å². The standard InChI is InChI=1S/C14H9BrF2O/c15-10-4-1-3-9(7-10)14(18)8-11-12(16)5-2-6-13(11)17/h1-7H,8H2. The van der Waals surface area contributed by atoms with Gasteiger partial charge in [0.05, 0.1) is 0 Å². The van der Waals surface area contributed by atoms with Crippen molar-refractivity contribution in [3.05, 3.63) is 69.7 Å². The van der Waals surface area contributed by atoms with Crippen LogP contribution in [0, 0.1) is 11.6 Å². The Kier molecular flexibility index (Phi) is 3.87. The Morgan fingerprint density at radius 3 is 2.28 bits per heavy atom.